The average molecular weight is 365 g/mol. The van der Waals surface area contributed by atoms with Gasteiger partial charge < -0.3 is 20.3 Å². The van der Waals surface area contributed by atoms with Crippen LogP contribution >= 0.6 is 0 Å². The Morgan fingerprint density at radius 1 is 1.26 bits per heavy atom. The molecule has 0 radical (unpaired) electrons. The van der Waals surface area contributed by atoms with E-state index in [2.05, 4.69) is 15.5 Å². The van der Waals surface area contributed by atoms with E-state index >= 15 is 0 Å². The van der Waals surface area contributed by atoms with E-state index in [0.29, 0.717) is 12.1 Å². The van der Waals surface area contributed by atoms with Crippen LogP contribution in [0.25, 0.3) is 0 Å². The van der Waals surface area contributed by atoms with E-state index in [1.165, 1.54) is 0 Å². The van der Waals surface area contributed by atoms with Gasteiger partial charge in [-0.1, -0.05) is 12.1 Å². The van der Waals surface area contributed by atoms with Crippen molar-refractivity contribution in [3.8, 4) is 5.75 Å². The zero-order chi connectivity index (χ0) is 18.8. The molecule has 6 nitrogen and oxygen atoms in total. The molecular weight excluding hydrogens is 342 g/mol. The van der Waals surface area contributed by atoms with Crippen molar-refractivity contribution in [3.63, 3.8) is 0 Å². The minimum atomic E-state index is -0.135. The lowest BCUT2D eigenvalue weighted by molar-refractivity contribution is -0.117. The maximum atomic E-state index is 12.5. The quantitative estimate of drug-likeness (QED) is 0.854. The van der Waals surface area contributed by atoms with Crippen molar-refractivity contribution in [1.82, 2.24) is 5.32 Å². The molecule has 2 N–H and O–H groups in total. The van der Waals surface area contributed by atoms with Gasteiger partial charge in [-0.3, -0.25) is 9.59 Å². The highest BCUT2D eigenvalue weighted by atomic mass is 16.5. The molecule has 0 aliphatic carbocycles. The number of carbonyl (C=O) groups is 2. The van der Waals surface area contributed by atoms with Crippen LogP contribution in [0.2, 0.25) is 0 Å². The fourth-order valence-electron chi connectivity index (χ4n) is 3.79. The molecule has 1 atom stereocenters. The predicted octanol–water partition coefficient (Wildman–Crippen LogP) is 2.59. The summed E-state index contributed by atoms with van der Waals surface area (Å²) in [5, 5.41) is 5.89. The Hall–Kier alpha value is -3.02. The maximum absolute atomic E-state index is 12.5. The summed E-state index contributed by atoms with van der Waals surface area (Å²) < 4.78 is 5.15. The lowest BCUT2D eigenvalue weighted by atomic mass is 10.1. The fourth-order valence-corrected chi connectivity index (χ4v) is 3.79. The largest absolute Gasteiger partial charge is 0.497 e. The summed E-state index contributed by atoms with van der Waals surface area (Å²) in [6.07, 6.45) is 2.65. The van der Waals surface area contributed by atoms with Gasteiger partial charge in [-0.2, -0.15) is 0 Å². The highest BCUT2D eigenvalue weighted by Gasteiger charge is 2.36. The van der Waals surface area contributed by atoms with Gasteiger partial charge in [-0.25, -0.2) is 0 Å². The molecule has 2 aromatic rings. The Bertz CT molecular complexity index is 863. The summed E-state index contributed by atoms with van der Waals surface area (Å²) in [7, 11) is 1.64. The summed E-state index contributed by atoms with van der Waals surface area (Å²) in [5.41, 5.74) is 3.42. The van der Waals surface area contributed by atoms with E-state index in [-0.39, 0.29) is 17.9 Å². The summed E-state index contributed by atoms with van der Waals surface area (Å²) in [6.45, 7) is 1.43. The Kier molecular flexibility index (Phi) is 4.71. The topological polar surface area (TPSA) is 70.7 Å². The normalized spacial score (nSPS) is 17.7. The number of nitrogens with one attached hydrogen (secondary N) is 2. The fraction of sp³-hybridized carbons (Fsp3) is 0.333. The lowest BCUT2D eigenvalue weighted by Crippen LogP contribution is -2.44. The maximum Gasteiger partial charge on any atom is 0.251 e. The standard InChI is InChI=1S/C21H23N3O3/c1-27-16-7-4-14(5-8-16)10-11-22-20(25)15-6-9-18-17(13-15)23-21(26)19-3-2-12-24(18)19/h4-9,13,19H,2-3,10-12H2,1H3,(H,22,25)(H,23,26)/t19-/m1/s1. The van der Waals surface area contributed by atoms with Gasteiger partial charge >= 0.3 is 0 Å². The molecule has 0 saturated carbocycles. The zero-order valence-corrected chi connectivity index (χ0v) is 15.3. The zero-order valence-electron chi connectivity index (χ0n) is 15.3. The predicted molar refractivity (Wildman–Crippen MR) is 104 cm³/mol. The molecule has 0 spiro atoms. The molecule has 140 valence electrons. The second kappa shape index (κ2) is 7.31. The Morgan fingerprint density at radius 3 is 2.85 bits per heavy atom. The first-order chi connectivity index (χ1) is 13.2. The van der Waals surface area contributed by atoms with Gasteiger partial charge in [0.1, 0.15) is 11.8 Å². The molecule has 6 heteroatoms. The molecule has 4 rings (SSSR count). The van der Waals surface area contributed by atoms with Crippen LogP contribution in [0.15, 0.2) is 42.5 Å². The van der Waals surface area contributed by atoms with Crippen molar-refractivity contribution in [2.45, 2.75) is 25.3 Å². The van der Waals surface area contributed by atoms with E-state index in [4.69, 9.17) is 4.74 Å². The van der Waals surface area contributed by atoms with Crippen LogP contribution in [-0.4, -0.2) is 38.1 Å². The molecule has 2 aromatic carbocycles. The highest BCUT2D eigenvalue weighted by molar-refractivity contribution is 6.06. The molecule has 27 heavy (non-hydrogen) atoms. The SMILES string of the molecule is COc1ccc(CCNC(=O)c2ccc3c(c2)NC(=O)[C@H]2CCCN32)cc1. The molecule has 2 heterocycles. The number of methoxy groups -OCH3 is 1. The molecule has 0 aromatic heterocycles. The Labute approximate surface area is 158 Å². The van der Waals surface area contributed by atoms with Crippen LogP contribution in [0, 0.1) is 0 Å². The number of anilines is 2. The average Bonchev–Trinajstić information content (AvgIpc) is 3.19. The third-order valence-electron chi connectivity index (χ3n) is 5.24. The lowest BCUT2D eigenvalue weighted by Gasteiger charge is -2.33. The first-order valence-corrected chi connectivity index (χ1v) is 9.28. The van der Waals surface area contributed by atoms with Crippen molar-refractivity contribution >= 4 is 23.2 Å². The van der Waals surface area contributed by atoms with E-state index in [1.54, 1.807) is 13.2 Å². The van der Waals surface area contributed by atoms with Crippen molar-refractivity contribution in [1.29, 1.82) is 0 Å². The molecule has 1 fully saturated rings. The Balaban J connectivity index is 1.39. The smallest absolute Gasteiger partial charge is 0.251 e. The van der Waals surface area contributed by atoms with Crippen LogP contribution < -0.4 is 20.3 Å². The summed E-state index contributed by atoms with van der Waals surface area (Å²) in [5.74, 6) is 0.709. The third kappa shape index (κ3) is 3.47. The van der Waals surface area contributed by atoms with Gasteiger partial charge in [0.25, 0.3) is 5.91 Å². The van der Waals surface area contributed by atoms with E-state index in [0.717, 1.165) is 48.5 Å². The number of nitrogens with zero attached hydrogens (tertiary/aromatic N) is 1. The second-order valence-electron chi connectivity index (χ2n) is 6.93. The van der Waals surface area contributed by atoms with Crippen molar-refractivity contribution in [2.24, 2.45) is 0 Å². The molecule has 2 amide bonds. The molecule has 1 saturated heterocycles. The van der Waals surface area contributed by atoms with Crippen LogP contribution in [0.4, 0.5) is 11.4 Å². The van der Waals surface area contributed by atoms with Gasteiger partial charge in [-0.05, 0) is 55.2 Å². The number of amides is 2. The van der Waals surface area contributed by atoms with Gasteiger partial charge in [0.2, 0.25) is 5.91 Å². The second-order valence-corrected chi connectivity index (χ2v) is 6.93. The number of carbonyl (C=O) groups excluding carboxylic acids is 2. The van der Waals surface area contributed by atoms with Crippen molar-refractivity contribution in [2.75, 3.05) is 30.4 Å². The number of hydrogen-bond donors (Lipinski definition) is 2. The molecule has 2 aliphatic heterocycles. The number of fused-ring (bicyclic) bond motifs is 3. The van der Waals surface area contributed by atoms with E-state index in [9.17, 15) is 9.59 Å². The van der Waals surface area contributed by atoms with Crippen molar-refractivity contribution in [3.05, 3.63) is 53.6 Å². The Morgan fingerprint density at radius 2 is 2.07 bits per heavy atom. The number of ether oxygens (including phenoxy) is 1. The monoisotopic (exact) mass is 365 g/mol. The van der Waals surface area contributed by atoms with Crippen LogP contribution in [0.3, 0.4) is 0 Å². The van der Waals surface area contributed by atoms with Gasteiger partial charge in [0, 0.05) is 18.7 Å². The van der Waals surface area contributed by atoms with Gasteiger partial charge in [0.15, 0.2) is 0 Å². The van der Waals surface area contributed by atoms with Crippen LogP contribution in [0.1, 0.15) is 28.8 Å². The van der Waals surface area contributed by atoms with Crippen molar-refractivity contribution < 1.29 is 14.3 Å². The first kappa shape index (κ1) is 17.4. The van der Waals surface area contributed by atoms with Gasteiger partial charge in [-0.15, -0.1) is 0 Å². The van der Waals surface area contributed by atoms with E-state index in [1.807, 2.05) is 36.4 Å². The minimum Gasteiger partial charge on any atom is -0.497 e. The number of rotatable bonds is 5. The molecular formula is C21H23N3O3. The highest BCUT2D eigenvalue weighted by Crippen LogP contribution is 2.37. The minimum absolute atomic E-state index is 0.0251. The summed E-state index contributed by atoms with van der Waals surface area (Å²) in [4.78, 5) is 26.8. The van der Waals surface area contributed by atoms with Gasteiger partial charge in [0.05, 0.1) is 18.5 Å². The third-order valence-corrected chi connectivity index (χ3v) is 5.24. The summed E-state index contributed by atoms with van der Waals surface area (Å²) >= 11 is 0. The summed E-state index contributed by atoms with van der Waals surface area (Å²) in [6, 6.07) is 13.3. The molecule has 2 aliphatic rings. The number of benzene rings is 2. The first-order valence-electron chi connectivity index (χ1n) is 9.28. The van der Waals surface area contributed by atoms with Crippen LogP contribution in [-0.2, 0) is 11.2 Å². The molecule has 0 bridgehead atoms. The van der Waals surface area contributed by atoms with Crippen LogP contribution in [0.5, 0.6) is 5.75 Å². The van der Waals surface area contributed by atoms with E-state index < -0.39 is 0 Å². The molecule has 0 unspecified atom stereocenters. The number of hydrogen-bond acceptors (Lipinski definition) is 4.